The van der Waals surface area contributed by atoms with Crippen molar-refractivity contribution in [2.75, 3.05) is 5.32 Å². The lowest BCUT2D eigenvalue weighted by atomic mass is 10.0. The second kappa shape index (κ2) is 6.73. The summed E-state index contributed by atoms with van der Waals surface area (Å²) in [4.78, 5) is 18.2. The number of aromatic nitrogens is 1. The molecule has 1 heterocycles. The number of amides is 1. The number of anilines is 1. The SMILES string of the molecule is Cc1nc(C2CC2)c(C(=O)Nc2ccccc2-c2ccc(Br)cc2)s1. The van der Waals surface area contributed by atoms with Crippen LogP contribution in [0.3, 0.4) is 0 Å². The molecule has 5 heteroatoms. The van der Waals surface area contributed by atoms with Gasteiger partial charge in [0.05, 0.1) is 10.7 Å². The van der Waals surface area contributed by atoms with Crippen LogP contribution in [0.2, 0.25) is 0 Å². The Bertz CT molecular complexity index is 929. The second-order valence-electron chi connectivity index (χ2n) is 6.23. The van der Waals surface area contributed by atoms with Gasteiger partial charge in [-0.1, -0.05) is 46.3 Å². The molecular formula is C20H17BrN2OS. The van der Waals surface area contributed by atoms with Gasteiger partial charge in [0, 0.05) is 21.6 Å². The first-order valence-electron chi connectivity index (χ1n) is 8.25. The van der Waals surface area contributed by atoms with Crippen LogP contribution in [0, 0.1) is 6.92 Å². The molecule has 0 atom stereocenters. The van der Waals surface area contributed by atoms with Crippen LogP contribution in [0.4, 0.5) is 5.69 Å². The van der Waals surface area contributed by atoms with E-state index in [1.54, 1.807) is 0 Å². The van der Waals surface area contributed by atoms with Gasteiger partial charge in [0.25, 0.3) is 5.91 Å². The molecule has 1 amide bonds. The minimum Gasteiger partial charge on any atom is -0.321 e. The van der Waals surface area contributed by atoms with Crippen LogP contribution in [-0.2, 0) is 0 Å². The summed E-state index contributed by atoms with van der Waals surface area (Å²) in [6, 6.07) is 16.0. The van der Waals surface area contributed by atoms with Crippen molar-refractivity contribution in [1.82, 2.24) is 4.98 Å². The van der Waals surface area contributed by atoms with Crippen LogP contribution >= 0.6 is 27.3 Å². The molecule has 1 aliphatic carbocycles. The number of hydrogen-bond acceptors (Lipinski definition) is 3. The fourth-order valence-corrected chi connectivity index (χ4v) is 4.06. The van der Waals surface area contributed by atoms with Crippen molar-refractivity contribution in [3.63, 3.8) is 0 Å². The van der Waals surface area contributed by atoms with Gasteiger partial charge in [-0.15, -0.1) is 11.3 Å². The molecule has 126 valence electrons. The zero-order chi connectivity index (χ0) is 17.4. The fraction of sp³-hybridized carbons (Fsp3) is 0.200. The molecule has 1 fully saturated rings. The van der Waals surface area contributed by atoms with E-state index < -0.39 is 0 Å². The van der Waals surface area contributed by atoms with E-state index in [-0.39, 0.29) is 5.91 Å². The van der Waals surface area contributed by atoms with E-state index in [4.69, 9.17) is 0 Å². The molecule has 2 aromatic carbocycles. The number of nitrogens with one attached hydrogen (secondary N) is 1. The third-order valence-corrected chi connectivity index (χ3v) is 5.78. The Morgan fingerprint density at radius 3 is 2.60 bits per heavy atom. The summed E-state index contributed by atoms with van der Waals surface area (Å²) in [7, 11) is 0. The molecule has 1 N–H and O–H groups in total. The van der Waals surface area contributed by atoms with Crippen molar-refractivity contribution < 1.29 is 4.79 Å². The monoisotopic (exact) mass is 412 g/mol. The maximum absolute atomic E-state index is 12.9. The van der Waals surface area contributed by atoms with E-state index in [1.807, 2.05) is 55.5 Å². The van der Waals surface area contributed by atoms with Crippen molar-refractivity contribution in [2.24, 2.45) is 0 Å². The number of carbonyl (C=O) groups is 1. The lowest BCUT2D eigenvalue weighted by Gasteiger charge is -2.11. The topological polar surface area (TPSA) is 42.0 Å². The summed E-state index contributed by atoms with van der Waals surface area (Å²) in [6.07, 6.45) is 2.28. The van der Waals surface area contributed by atoms with Crippen LogP contribution in [0.25, 0.3) is 11.1 Å². The highest BCUT2D eigenvalue weighted by Gasteiger charge is 2.31. The van der Waals surface area contributed by atoms with Gasteiger partial charge >= 0.3 is 0 Å². The minimum absolute atomic E-state index is 0.0583. The Labute approximate surface area is 159 Å². The van der Waals surface area contributed by atoms with Gasteiger partial charge in [-0.25, -0.2) is 4.98 Å². The molecule has 0 aliphatic heterocycles. The summed E-state index contributed by atoms with van der Waals surface area (Å²) in [5, 5.41) is 4.05. The molecule has 0 saturated heterocycles. The molecule has 1 aliphatic rings. The fourth-order valence-electron chi connectivity index (χ4n) is 2.89. The number of halogens is 1. The van der Waals surface area contributed by atoms with Crippen molar-refractivity contribution in [3.05, 3.63) is 68.6 Å². The van der Waals surface area contributed by atoms with E-state index in [0.29, 0.717) is 5.92 Å². The molecule has 25 heavy (non-hydrogen) atoms. The number of hydrogen-bond donors (Lipinski definition) is 1. The molecule has 0 unspecified atom stereocenters. The highest BCUT2D eigenvalue weighted by atomic mass is 79.9. The zero-order valence-corrected chi connectivity index (χ0v) is 16.2. The summed E-state index contributed by atoms with van der Waals surface area (Å²) in [6.45, 7) is 1.96. The number of aryl methyl sites for hydroxylation is 1. The first kappa shape index (κ1) is 16.5. The molecule has 0 radical (unpaired) electrons. The molecule has 3 aromatic rings. The zero-order valence-electron chi connectivity index (χ0n) is 13.8. The van der Waals surface area contributed by atoms with Crippen LogP contribution in [0.15, 0.2) is 53.0 Å². The van der Waals surface area contributed by atoms with Gasteiger partial charge in [-0.2, -0.15) is 0 Å². The van der Waals surface area contributed by atoms with Crippen molar-refractivity contribution in [2.45, 2.75) is 25.7 Å². The van der Waals surface area contributed by atoms with Crippen molar-refractivity contribution >= 4 is 38.9 Å². The van der Waals surface area contributed by atoms with Gasteiger partial charge in [0.1, 0.15) is 4.88 Å². The lowest BCUT2D eigenvalue weighted by Crippen LogP contribution is -2.13. The highest BCUT2D eigenvalue weighted by Crippen LogP contribution is 2.43. The smallest absolute Gasteiger partial charge is 0.267 e. The maximum Gasteiger partial charge on any atom is 0.267 e. The normalized spacial score (nSPS) is 13.7. The van der Waals surface area contributed by atoms with Crippen LogP contribution in [-0.4, -0.2) is 10.9 Å². The molecule has 3 nitrogen and oxygen atoms in total. The van der Waals surface area contributed by atoms with Crippen LogP contribution in [0.1, 0.15) is 39.1 Å². The van der Waals surface area contributed by atoms with Gasteiger partial charge < -0.3 is 5.32 Å². The quantitative estimate of drug-likeness (QED) is 0.569. The Morgan fingerprint density at radius 1 is 1.16 bits per heavy atom. The number of para-hydroxylation sites is 1. The van der Waals surface area contributed by atoms with Gasteiger partial charge in [0.15, 0.2) is 0 Å². The predicted molar refractivity (Wildman–Crippen MR) is 106 cm³/mol. The standard InChI is InChI=1S/C20H17BrN2OS/c1-12-22-18(14-6-7-14)19(25-12)20(24)23-17-5-3-2-4-16(17)13-8-10-15(21)11-9-13/h2-5,8-11,14H,6-7H2,1H3,(H,23,24). The number of carbonyl (C=O) groups excluding carboxylic acids is 1. The minimum atomic E-state index is -0.0583. The highest BCUT2D eigenvalue weighted by molar-refractivity contribution is 9.10. The Hall–Kier alpha value is -1.98. The average Bonchev–Trinajstić information content (AvgIpc) is 3.38. The summed E-state index contributed by atoms with van der Waals surface area (Å²) < 4.78 is 1.03. The van der Waals surface area contributed by atoms with Crippen LogP contribution in [0.5, 0.6) is 0 Å². The van der Waals surface area contributed by atoms with E-state index in [2.05, 4.69) is 26.2 Å². The number of rotatable bonds is 4. The number of benzene rings is 2. The summed E-state index contributed by atoms with van der Waals surface area (Å²) >= 11 is 4.95. The average molecular weight is 413 g/mol. The number of nitrogens with zero attached hydrogens (tertiary/aromatic N) is 1. The predicted octanol–water partition coefficient (Wildman–Crippen LogP) is 6.01. The van der Waals surface area contributed by atoms with E-state index >= 15 is 0 Å². The van der Waals surface area contributed by atoms with Crippen molar-refractivity contribution in [3.8, 4) is 11.1 Å². The Kier molecular flexibility index (Phi) is 4.44. The molecular weight excluding hydrogens is 396 g/mol. The third kappa shape index (κ3) is 3.53. The van der Waals surface area contributed by atoms with Crippen molar-refractivity contribution in [1.29, 1.82) is 0 Å². The largest absolute Gasteiger partial charge is 0.321 e. The molecule has 1 saturated carbocycles. The van der Waals surface area contributed by atoms with Gasteiger partial charge in [0.2, 0.25) is 0 Å². The summed E-state index contributed by atoms with van der Waals surface area (Å²) in [5.74, 6) is 0.407. The lowest BCUT2D eigenvalue weighted by molar-refractivity contribution is 0.102. The molecule has 1 aromatic heterocycles. The Balaban J connectivity index is 1.65. The van der Waals surface area contributed by atoms with Crippen LogP contribution < -0.4 is 5.32 Å². The van der Waals surface area contributed by atoms with E-state index in [9.17, 15) is 4.79 Å². The maximum atomic E-state index is 12.9. The first-order valence-corrected chi connectivity index (χ1v) is 9.86. The number of thiazole rings is 1. The second-order valence-corrected chi connectivity index (χ2v) is 8.35. The molecule has 0 spiro atoms. The van der Waals surface area contributed by atoms with Gasteiger partial charge in [-0.3, -0.25) is 4.79 Å². The van der Waals surface area contributed by atoms with Gasteiger partial charge in [-0.05, 0) is 43.5 Å². The third-order valence-electron chi connectivity index (χ3n) is 4.26. The van der Waals surface area contributed by atoms with E-state index in [1.165, 1.54) is 11.3 Å². The Morgan fingerprint density at radius 2 is 1.88 bits per heavy atom. The summed E-state index contributed by atoms with van der Waals surface area (Å²) in [5.41, 5.74) is 3.88. The molecule has 4 rings (SSSR count). The molecule has 0 bridgehead atoms. The van der Waals surface area contributed by atoms with E-state index in [0.717, 1.165) is 49.7 Å². The first-order chi connectivity index (χ1) is 12.1.